The van der Waals surface area contributed by atoms with Crippen LogP contribution in [0.5, 0.6) is 0 Å². The van der Waals surface area contributed by atoms with E-state index in [-0.39, 0.29) is 32.6 Å². The van der Waals surface area contributed by atoms with Crippen molar-refractivity contribution in [2.24, 2.45) is 0 Å². The van der Waals surface area contributed by atoms with E-state index in [1.165, 1.54) is 96.3 Å². The largest absolute Gasteiger partial charge is 0.472 e. The third-order valence-corrected chi connectivity index (χ3v) is 13.8. The molecule has 0 amide bonds. The molecule has 0 bridgehead atoms. The summed E-state index contributed by atoms with van der Waals surface area (Å²) in [7, 11) is -4.61. The maximum atomic E-state index is 13.3. The van der Waals surface area contributed by atoms with Crippen LogP contribution in [0.4, 0.5) is 0 Å². The van der Waals surface area contributed by atoms with Gasteiger partial charge in [-0.25, -0.2) is 4.57 Å². The minimum absolute atomic E-state index is 0.159. The Bertz CT molecular complexity index is 1740. The van der Waals surface area contributed by atoms with Crippen LogP contribution in [0.2, 0.25) is 0 Å². The van der Waals surface area contributed by atoms with Crippen LogP contribution in [0.25, 0.3) is 0 Å². The van der Waals surface area contributed by atoms with Gasteiger partial charge in [0.15, 0.2) is 6.10 Å². The fourth-order valence-electron chi connectivity index (χ4n) is 8.83. The highest BCUT2D eigenvalue weighted by Crippen LogP contribution is 2.43. The van der Waals surface area contributed by atoms with E-state index in [1.807, 2.05) is 54.6 Å². The number of hydrogen-bond acceptors (Lipinski definition) is 8. The summed E-state index contributed by atoms with van der Waals surface area (Å²) in [4.78, 5) is 36.7. The number of benzene rings is 3. The molecule has 0 spiro atoms. The van der Waals surface area contributed by atoms with Crippen LogP contribution in [0.15, 0.2) is 115 Å². The van der Waals surface area contributed by atoms with E-state index in [4.69, 9.17) is 18.5 Å². The summed E-state index contributed by atoms with van der Waals surface area (Å²) in [6.45, 7) is 3.77. The Morgan fingerprint density at radius 2 is 0.929 bits per heavy atom. The van der Waals surface area contributed by atoms with E-state index in [2.05, 4.69) is 79.9 Å². The van der Waals surface area contributed by atoms with Gasteiger partial charge in [-0.05, 0) is 61.6 Å². The average Bonchev–Trinajstić information content (AvgIpc) is 3.38. The van der Waals surface area contributed by atoms with Crippen LogP contribution in [-0.2, 0) is 38.2 Å². The minimum atomic E-state index is -4.61. The molecule has 0 aliphatic heterocycles. The third-order valence-electron chi connectivity index (χ3n) is 12.8. The Labute approximate surface area is 424 Å². The van der Waals surface area contributed by atoms with Crippen molar-refractivity contribution in [3.63, 3.8) is 0 Å². The first-order valence-corrected chi connectivity index (χ1v) is 29.0. The van der Waals surface area contributed by atoms with Gasteiger partial charge >= 0.3 is 19.8 Å². The lowest BCUT2D eigenvalue weighted by Gasteiger charge is -2.37. The summed E-state index contributed by atoms with van der Waals surface area (Å²) in [5.74, 6) is -0.854. The average molecular weight is 986 g/mol. The van der Waals surface area contributed by atoms with Crippen molar-refractivity contribution in [1.82, 2.24) is 5.32 Å². The zero-order valence-corrected chi connectivity index (χ0v) is 44.3. The third kappa shape index (κ3) is 27.7. The number of esters is 2. The zero-order valence-electron chi connectivity index (χ0n) is 43.4. The number of carbonyl (C=O) groups is 2. The van der Waals surface area contributed by atoms with Gasteiger partial charge in [0.25, 0.3) is 0 Å². The van der Waals surface area contributed by atoms with Crippen LogP contribution < -0.4 is 5.32 Å². The predicted molar refractivity (Wildman–Crippen MR) is 289 cm³/mol. The molecule has 3 rings (SSSR count). The van der Waals surface area contributed by atoms with E-state index < -0.39 is 38.0 Å². The first kappa shape index (κ1) is 60.5. The Hall–Kier alpha value is -3.85. The molecule has 0 aliphatic carbocycles. The van der Waals surface area contributed by atoms with Crippen molar-refractivity contribution in [3.8, 4) is 0 Å². The molecule has 0 aliphatic rings. The molecule has 0 heterocycles. The normalized spacial score (nSPS) is 13.2. The second-order valence-electron chi connectivity index (χ2n) is 18.8. The maximum absolute atomic E-state index is 13.3. The maximum Gasteiger partial charge on any atom is 0.472 e. The predicted octanol–water partition coefficient (Wildman–Crippen LogP) is 16.2. The minimum Gasteiger partial charge on any atom is -0.462 e. The molecule has 2 atom stereocenters. The molecule has 0 saturated heterocycles. The fourth-order valence-corrected chi connectivity index (χ4v) is 9.58. The van der Waals surface area contributed by atoms with Gasteiger partial charge in [-0.3, -0.25) is 24.0 Å². The zero-order chi connectivity index (χ0) is 50.1. The fraction of sp³-hybridized carbons (Fsp3) is 0.600. The number of nitrogens with one attached hydrogen (secondary N) is 1. The second kappa shape index (κ2) is 39.7. The summed E-state index contributed by atoms with van der Waals surface area (Å²) in [6.07, 6.45) is 38.8. The summed E-state index contributed by atoms with van der Waals surface area (Å²) in [5, 5.41) is 3.64. The molecule has 0 aromatic heterocycles. The van der Waals surface area contributed by atoms with Crippen molar-refractivity contribution in [1.29, 1.82) is 0 Å². The van der Waals surface area contributed by atoms with Crippen molar-refractivity contribution < 1.29 is 37.6 Å². The van der Waals surface area contributed by atoms with Gasteiger partial charge in [0, 0.05) is 19.4 Å². The van der Waals surface area contributed by atoms with Crippen LogP contribution in [0.1, 0.15) is 210 Å². The highest BCUT2D eigenvalue weighted by molar-refractivity contribution is 7.47. The molecule has 0 radical (unpaired) electrons. The summed E-state index contributed by atoms with van der Waals surface area (Å²) < 4.78 is 35.5. The smallest absolute Gasteiger partial charge is 0.462 e. The summed E-state index contributed by atoms with van der Waals surface area (Å²) >= 11 is 0. The van der Waals surface area contributed by atoms with E-state index in [9.17, 15) is 19.0 Å². The van der Waals surface area contributed by atoms with Crippen LogP contribution in [-0.4, -0.2) is 49.3 Å². The lowest BCUT2D eigenvalue weighted by atomic mass is 9.77. The molecule has 0 saturated carbocycles. The van der Waals surface area contributed by atoms with Crippen LogP contribution >= 0.6 is 7.82 Å². The highest BCUT2D eigenvalue weighted by atomic mass is 31.2. The van der Waals surface area contributed by atoms with Crippen molar-refractivity contribution >= 4 is 19.8 Å². The molecular weight excluding hydrogens is 894 g/mol. The van der Waals surface area contributed by atoms with E-state index >= 15 is 0 Å². The topological polar surface area (TPSA) is 120 Å². The Morgan fingerprint density at radius 3 is 1.40 bits per heavy atom. The summed E-state index contributed by atoms with van der Waals surface area (Å²) in [6, 6.07) is 30.2. The number of hydrogen-bond donors (Lipinski definition) is 2. The van der Waals surface area contributed by atoms with E-state index in [0.29, 0.717) is 6.42 Å². The standard InChI is InChI=1S/C60H92NO8P/c1-3-5-7-9-11-13-15-17-19-21-23-25-27-29-40-48-58(62)66-52-57(69-59(63)49-41-30-28-26-24-22-20-18-16-14-12-10-8-6-4-2)53-68-70(64,65)67-51-50-61-60(54-42-34-31-35-43-54,55-44-36-32-37-45-55)56-46-38-33-39-47-56/h12,14,18,20,31-39,42-47,57,61H,3-11,13,15-17,19,21-30,40-41,48-53H2,1-2H3,(H,64,65)/b14-12-,20-18-/t57-/m1/s1. The van der Waals surface area contributed by atoms with Gasteiger partial charge < -0.3 is 14.4 Å². The quantitative estimate of drug-likeness (QED) is 0.0188. The van der Waals surface area contributed by atoms with Gasteiger partial charge in [-0.15, -0.1) is 0 Å². The number of allylic oxidation sites excluding steroid dienone is 4. The van der Waals surface area contributed by atoms with Gasteiger partial charge in [0.1, 0.15) is 6.61 Å². The molecule has 2 N–H and O–H groups in total. The van der Waals surface area contributed by atoms with Crippen molar-refractivity contribution in [2.45, 2.75) is 205 Å². The first-order chi connectivity index (χ1) is 34.3. The molecule has 3 aromatic carbocycles. The number of phosphoric ester groups is 1. The molecule has 1 unspecified atom stereocenters. The Kier molecular flexibility index (Phi) is 34.3. The molecule has 9 nitrogen and oxygen atoms in total. The monoisotopic (exact) mass is 986 g/mol. The lowest BCUT2D eigenvalue weighted by molar-refractivity contribution is -0.161. The number of rotatable bonds is 44. The van der Waals surface area contributed by atoms with Gasteiger partial charge in [-0.1, -0.05) is 251 Å². The van der Waals surface area contributed by atoms with Crippen LogP contribution in [0, 0.1) is 0 Å². The summed E-state index contributed by atoms with van der Waals surface area (Å²) in [5.41, 5.74) is 2.20. The molecule has 70 heavy (non-hydrogen) atoms. The van der Waals surface area contributed by atoms with Gasteiger partial charge in [0.2, 0.25) is 0 Å². The van der Waals surface area contributed by atoms with Crippen molar-refractivity contribution in [3.05, 3.63) is 132 Å². The number of carbonyl (C=O) groups excluding carboxylic acids is 2. The Morgan fingerprint density at radius 1 is 0.529 bits per heavy atom. The van der Waals surface area contributed by atoms with Gasteiger partial charge in [0.05, 0.1) is 18.8 Å². The SMILES string of the molecule is CCCCC/C=C\C/C=C\CCCCCCCC(=O)O[C@H](COC(=O)CCCCCCCCCCCCCCCCC)COP(=O)(O)OCCNC(c1ccccc1)(c1ccccc1)c1ccccc1. The molecular formula is C60H92NO8P. The van der Waals surface area contributed by atoms with Gasteiger partial charge in [-0.2, -0.15) is 0 Å². The first-order valence-electron chi connectivity index (χ1n) is 27.5. The molecule has 10 heteroatoms. The van der Waals surface area contributed by atoms with E-state index in [1.54, 1.807) is 0 Å². The molecule has 3 aromatic rings. The number of ether oxygens (including phenoxy) is 2. The second-order valence-corrected chi connectivity index (χ2v) is 20.3. The lowest BCUT2D eigenvalue weighted by Crippen LogP contribution is -2.46. The van der Waals surface area contributed by atoms with Crippen molar-refractivity contribution in [2.75, 3.05) is 26.4 Å². The number of unbranched alkanes of at least 4 members (excludes halogenated alkanes) is 22. The van der Waals surface area contributed by atoms with E-state index in [0.717, 1.165) is 80.9 Å². The molecule has 390 valence electrons. The number of phosphoric acid groups is 1. The molecule has 0 fully saturated rings. The highest BCUT2D eigenvalue weighted by Gasteiger charge is 2.36. The van der Waals surface area contributed by atoms with Crippen LogP contribution in [0.3, 0.4) is 0 Å². The Balaban J connectivity index is 1.45.